The van der Waals surface area contributed by atoms with Gasteiger partial charge in [-0.05, 0) is 19.3 Å². The van der Waals surface area contributed by atoms with E-state index < -0.39 is 5.54 Å². The van der Waals surface area contributed by atoms with Gasteiger partial charge in [0.1, 0.15) is 5.54 Å². The van der Waals surface area contributed by atoms with Gasteiger partial charge in [0.2, 0.25) is 12.3 Å². The van der Waals surface area contributed by atoms with Crippen LogP contribution in [0.2, 0.25) is 0 Å². The first-order valence-corrected chi connectivity index (χ1v) is 5.93. The highest BCUT2D eigenvalue weighted by atomic mass is 16.2. The summed E-state index contributed by atoms with van der Waals surface area (Å²) in [5.41, 5.74) is -0.675. The predicted molar refractivity (Wildman–Crippen MR) is 65.1 cm³/mol. The fourth-order valence-electron chi connectivity index (χ4n) is 2.10. The van der Waals surface area contributed by atoms with E-state index in [1.54, 1.807) is 19.0 Å². The fraction of sp³-hybridized carbons (Fsp3) is 0.833. The van der Waals surface area contributed by atoms with E-state index in [1.165, 1.54) is 4.90 Å². The molecule has 2 amide bonds. The standard InChI is InChI=1S/C12H24N2O2/c1-6-9-13(4)11(16)12(7-2,8-3)14(5)10-15/h10H,6-9H2,1-5H3. The lowest BCUT2D eigenvalue weighted by molar-refractivity contribution is -0.147. The Kier molecular flexibility index (Phi) is 6.08. The average Bonchev–Trinajstić information content (AvgIpc) is 2.30. The van der Waals surface area contributed by atoms with Crippen molar-refractivity contribution in [2.24, 2.45) is 0 Å². The number of amides is 2. The lowest BCUT2D eigenvalue weighted by Crippen LogP contribution is -2.56. The molecule has 0 aromatic carbocycles. The smallest absolute Gasteiger partial charge is 0.248 e. The molecule has 0 unspecified atom stereocenters. The van der Waals surface area contributed by atoms with E-state index in [2.05, 4.69) is 0 Å². The molecule has 0 aromatic rings. The molecule has 0 aromatic heterocycles. The lowest BCUT2D eigenvalue weighted by atomic mass is 9.89. The molecule has 0 saturated carbocycles. The first-order valence-electron chi connectivity index (χ1n) is 5.93. The molecule has 0 aliphatic heterocycles. The maximum Gasteiger partial charge on any atom is 0.248 e. The zero-order chi connectivity index (χ0) is 12.8. The van der Waals surface area contributed by atoms with Crippen LogP contribution < -0.4 is 0 Å². The van der Waals surface area contributed by atoms with Crippen molar-refractivity contribution in [3.05, 3.63) is 0 Å². The third-order valence-corrected chi connectivity index (χ3v) is 3.31. The highest BCUT2D eigenvalue weighted by molar-refractivity contribution is 5.88. The average molecular weight is 228 g/mol. The second-order valence-corrected chi connectivity index (χ2v) is 4.18. The maximum absolute atomic E-state index is 12.3. The van der Waals surface area contributed by atoms with Crippen molar-refractivity contribution in [2.75, 3.05) is 20.6 Å². The van der Waals surface area contributed by atoms with E-state index in [0.717, 1.165) is 19.4 Å². The van der Waals surface area contributed by atoms with E-state index in [-0.39, 0.29) is 5.91 Å². The summed E-state index contributed by atoms with van der Waals surface area (Å²) >= 11 is 0. The van der Waals surface area contributed by atoms with Crippen molar-refractivity contribution in [3.63, 3.8) is 0 Å². The van der Waals surface area contributed by atoms with Crippen molar-refractivity contribution in [1.29, 1.82) is 0 Å². The third-order valence-electron chi connectivity index (χ3n) is 3.31. The second kappa shape index (κ2) is 6.51. The van der Waals surface area contributed by atoms with Crippen LogP contribution in [0, 0.1) is 0 Å². The molecule has 94 valence electrons. The van der Waals surface area contributed by atoms with E-state index in [1.807, 2.05) is 20.8 Å². The summed E-state index contributed by atoms with van der Waals surface area (Å²) in [6, 6.07) is 0. The topological polar surface area (TPSA) is 40.6 Å². The Morgan fingerprint density at radius 2 is 1.69 bits per heavy atom. The van der Waals surface area contributed by atoms with Crippen LogP contribution in [-0.4, -0.2) is 48.3 Å². The minimum absolute atomic E-state index is 0.0361. The molecule has 0 N–H and O–H groups in total. The first-order chi connectivity index (χ1) is 7.49. The zero-order valence-electron chi connectivity index (χ0n) is 11.1. The minimum atomic E-state index is -0.675. The first kappa shape index (κ1) is 14.9. The third kappa shape index (κ3) is 2.74. The van der Waals surface area contributed by atoms with Gasteiger partial charge < -0.3 is 9.80 Å². The van der Waals surface area contributed by atoms with Gasteiger partial charge in [-0.15, -0.1) is 0 Å². The molecule has 0 spiro atoms. The maximum atomic E-state index is 12.3. The second-order valence-electron chi connectivity index (χ2n) is 4.18. The molecule has 0 radical (unpaired) electrons. The van der Waals surface area contributed by atoms with Gasteiger partial charge in [0.15, 0.2) is 0 Å². The molecule has 0 fully saturated rings. The Hall–Kier alpha value is -1.06. The molecule has 0 heterocycles. The molecular formula is C12H24N2O2. The van der Waals surface area contributed by atoms with E-state index in [4.69, 9.17) is 0 Å². The van der Waals surface area contributed by atoms with Gasteiger partial charge in [-0.25, -0.2) is 0 Å². The summed E-state index contributed by atoms with van der Waals surface area (Å²) in [5, 5.41) is 0. The molecule has 16 heavy (non-hydrogen) atoms. The summed E-state index contributed by atoms with van der Waals surface area (Å²) < 4.78 is 0. The van der Waals surface area contributed by atoms with Crippen molar-refractivity contribution in [3.8, 4) is 0 Å². The largest absolute Gasteiger partial charge is 0.344 e. The molecule has 0 rings (SSSR count). The molecule has 4 nitrogen and oxygen atoms in total. The van der Waals surface area contributed by atoms with Crippen LogP contribution in [0.25, 0.3) is 0 Å². The van der Waals surface area contributed by atoms with E-state index in [0.29, 0.717) is 12.8 Å². The Morgan fingerprint density at radius 3 is 2.00 bits per heavy atom. The number of hydrogen-bond acceptors (Lipinski definition) is 2. The van der Waals surface area contributed by atoms with Gasteiger partial charge in [0.25, 0.3) is 0 Å². The van der Waals surface area contributed by atoms with Gasteiger partial charge in [-0.2, -0.15) is 0 Å². The molecule has 0 aliphatic carbocycles. The summed E-state index contributed by atoms with van der Waals surface area (Å²) in [6.07, 6.45) is 2.96. The van der Waals surface area contributed by atoms with Gasteiger partial charge in [0, 0.05) is 20.6 Å². The molecular weight excluding hydrogens is 204 g/mol. The lowest BCUT2D eigenvalue weighted by Gasteiger charge is -2.39. The summed E-state index contributed by atoms with van der Waals surface area (Å²) in [4.78, 5) is 26.5. The van der Waals surface area contributed by atoms with Gasteiger partial charge in [-0.3, -0.25) is 9.59 Å². The molecule has 0 saturated heterocycles. The van der Waals surface area contributed by atoms with Gasteiger partial charge in [0.05, 0.1) is 0 Å². The molecule has 4 heteroatoms. The van der Waals surface area contributed by atoms with Crippen LogP contribution in [0.5, 0.6) is 0 Å². The quantitative estimate of drug-likeness (QED) is 0.620. The van der Waals surface area contributed by atoms with Gasteiger partial charge in [-0.1, -0.05) is 20.8 Å². The SMILES string of the molecule is CCCN(C)C(=O)C(CC)(CC)N(C)C=O. The van der Waals surface area contributed by atoms with Crippen molar-refractivity contribution in [1.82, 2.24) is 9.80 Å². The normalized spacial score (nSPS) is 11.1. The van der Waals surface area contributed by atoms with Crippen LogP contribution in [0.15, 0.2) is 0 Å². The number of hydrogen-bond donors (Lipinski definition) is 0. The number of rotatable bonds is 7. The minimum Gasteiger partial charge on any atom is -0.344 e. The highest BCUT2D eigenvalue weighted by Gasteiger charge is 2.40. The van der Waals surface area contributed by atoms with Crippen LogP contribution >= 0.6 is 0 Å². The Bertz CT molecular complexity index is 237. The van der Waals surface area contributed by atoms with Crippen LogP contribution in [0.4, 0.5) is 0 Å². The zero-order valence-corrected chi connectivity index (χ0v) is 11.1. The highest BCUT2D eigenvalue weighted by Crippen LogP contribution is 2.24. The van der Waals surface area contributed by atoms with Crippen molar-refractivity contribution >= 4 is 12.3 Å². The molecule has 0 atom stereocenters. The van der Waals surface area contributed by atoms with E-state index in [9.17, 15) is 9.59 Å². The van der Waals surface area contributed by atoms with Crippen molar-refractivity contribution in [2.45, 2.75) is 45.6 Å². The number of nitrogens with zero attached hydrogens (tertiary/aromatic N) is 2. The summed E-state index contributed by atoms with van der Waals surface area (Å²) in [7, 11) is 3.47. The fourth-order valence-corrected chi connectivity index (χ4v) is 2.10. The number of likely N-dealkylation sites (N-methyl/N-ethyl adjacent to an activating group) is 2. The van der Waals surface area contributed by atoms with Crippen molar-refractivity contribution < 1.29 is 9.59 Å². The van der Waals surface area contributed by atoms with Gasteiger partial charge >= 0.3 is 0 Å². The van der Waals surface area contributed by atoms with Crippen LogP contribution in [-0.2, 0) is 9.59 Å². The molecule has 0 aliphatic rings. The Morgan fingerprint density at radius 1 is 1.19 bits per heavy atom. The van der Waals surface area contributed by atoms with Crippen LogP contribution in [0.3, 0.4) is 0 Å². The van der Waals surface area contributed by atoms with E-state index >= 15 is 0 Å². The molecule has 0 bridgehead atoms. The number of carbonyl (C=O) groups is 2. The number of carbonyl (C=O) groups excluding carboxylic acids is 2. The Labute approximate surface area is 98.6 Å². The van der Waals surface area contributed by atoms with Crippen LogP contribution in [0.1, 0.15) is 40.0 Å². The monoisotopic (exact) mass is 228 g/mol. The summed E-state index contributed by atoms with van der Waals surface area (Å²) in [6.45, 7) is 6.66. The predicted octanol–water partition coefficient (Wildman–Crippen LogP) is 1.50. The summed E-state index contributed by atoms with van der Waals surface area (Å²) in [5.74, 6) is 0.0361. The Balaban J connectivity index is 5.02.